The predicted octanol–water partition coefficient (Wildman–Crippen LogP) is 3.04. The summed E-state index contributed by atoms with van der Waals surface area (Å²) >= 11 is 0. The second-order valence-corrected chi connectivity index (χ2v) is 5.90. The van der Waals surface area contributed by atoms with Crippen LogP contribution in [0.4, 0.5) is 0 Å². The molecule has 0 bridgehead atoms. The van der Waals surface area contributed by atoms with Crippen molar-refractivity contribution in [3.63, 3.8) is 0 Å². The van der Waals surface area contributed by atoms with E-state index in [0.717, 1.165) is 5.56 Å². The van der Waals surface area contributed by atoms with Crippen LogP contribution in [0.1, 0.15) is 33.3 Å². The molecule has 15 heavy (non-hydrogen) atoms. The van der Waals surface area contributed by atoms with E-state index in [1.807, 2.05) is 44.2 Å². The molecular formula is C12H20O2S. The fraction of sp³-hybridized carbons (Fsp3) is 0.500. The SMILES string of the molecule is CC.CC(C)S(=O)(=O)Cc1ccccc1. The van der Waals surface area contributed by atoms with E-state index in [4.69, 9.17) is 0 Å². The summed E-state index contributed by atoms with van der Waals surface area (Å²) in [4.78, 5) is 0. The third kappa shape index (κ3) is 4.98. The van der Waals surface area contributed by atoms with Gasteiger partial charge in [-0.05, 0) is 19.4 Å². The Hall–Kier alpha value is -0.830. The van der Waals surface area contributed by atoms with Crippen molar-refractivity contribution >= 4 is 9.84 Å². The molecule has 86 valence electrons. The number of hydrogen-bond acceptors (Lipinski definition) is 2. The minimum atomic E-state index is -2.95. The molecule has 0 spiro atoms. The number of hydrogen-bond donors (Lipinski definition) is 0. The molecular weight excluding hydrogens is 208 g/mol. The van der Waals surface area contributed by atoms with Gasteiger partial charge in [0.25, 0.3) is 0 Å². The van der Waals surface area contributed by atoms with Gasteiger partial charge in [-0.2, -0.15) is 0 Å². The normalized spacial score (nSPS) is 10.7. The molecule has 0 fully saturated rings. The maximum Gasteiger partial charge on any atom is 0.156 e. The molecule has 0 amide bonds. The molecule has 2 nitrogen and oxygen atoms in total. The van der Waals surface area contributed by atoms with Gasteiger partial charge in [0.1, 0.15) is 0 Å². The minimum Gasteiger partial charge on any atom is -0.228 e. The Bertz CT molecular complexity index is 352. The zero-order valence-corrected chi connectivity index (χ0v) is 10.7. The first-order valence-corrected chi connectivity index (χ1v) is 6.99. The molecule has 0 saturated heterocycles. The largest absolute Gasteiger partial charge is 0.228 e. The fourth-order valence-electron chi connectivity index (χ4n) is 0.973. The average molecular weight is 228 g/mol. The molecule has 1 aromatic carbocycles. The van der Waals surface area contributed by atoms with E-state index in [0.29, 0.717) is 0 Å². The van der Waals surface area contributed by atoms with E-state index in [2.05, 4.69) is 0 Å². The molecule has 0 saturated carbocycles. The molecule has 0 N–H and O–H groups in total. The van der Waals surface area contributed by atoms with Crippen molar-refractivity contribution in [3.05, 3.63) is 35.9 Å². The molecule has 0 atom stereocenters. The molecule has 0 aliphatic heterocycles. The second-order valence-electron chi connectivity index (χ2n) is 3.34. The molecule has 1 rings (SSSR count). The van der Waals surface area contributed by atoms with Crippen LogP contribution in [-0.4, -0.2) is 13.7 Å². The third-order valence-corrected chi connectivity index (χ3v) is 4.10. The van der Waals surface area contributed by atoms with Crippen LogP contribution in [0.2, 0.25) is 0 Å². The van der Waals surface area contributed by atoms with Gasteiger partial charge in [0.15, 0.2) is 9.84 Å². The van der Waals surface area contributed by atoms with Crippen molar-refractivity contribution in [1.82, 2.24) is 0 Å². The van der Waals surface area contributed by atoms with Crippen LogP contribution in [0.5, 0.6) is 0 Å². The fourth-order valence-corrected chi connectivity index (χ4v) is 1.96. The highest BCUT2D eigenvalue weighted by atomic mass is 32.2. The Morgan fingerprint density at radius 1 is 1.07 bits per heavy atom. The Morgan fingerprint density at radius 3 is 1.93 bits per heavy atom. The van der Waals surface area contributed by atoms with Gasteiger partial charge in [-0.1, -0.05) is 44.2 Å². The number of rotatable bonds is 3. The van der Waals surface area contributed by atoms with Crippen molar-refractivity contribution in [3.8, 4) is 0 Å². The van der Waals surface area contributed by atoms with Crippen molar-refractivity contribution < 1.29 is 8.42 Å². The van der Waals surface area contributed by atoms with Crippen LogP contribution in [0, 0.1) is 0 Å². The predicted molar refractivity (Wildman–Crippen MR) is 65.5 cm³/mol. The van der Waals surface area contributed by atoms with Crippen LogP contribution < -0.4 is 0 Å². The Morgan fingerprint density at radius 2 is 1.53 bits per heavy atom. The van der Waals surface area contributed by atoms with Gasteiger partial charge in [0.2, 0.25) is 0 Å². The zero-order chi connectivity index (χ0) is 11.9. The standard InChI is InChI=1S/C10H14O2S.C2H6/c1-9(2)13(11,12)8-10-6-4-3-5-7-10;1-2/h3-7,9H,8H2,1-2H3;1-2H3. The molecule has 1 aromatic rings. The van der Waals surface area contributed by atoms with Crippen molar-refractivity contribution in [2.24, 2.45) is 0 Å². The Balaban J connectivity index is 0.000000921. The van der Waals surface area contributed by atoms with E-state index >= 15 is 0 Å². The van der Waals surface area contributed by atoms with Crippen molar-refractivity contribution in [2.75, 3.05) is 0 Å². The second kappa shape index (κ2) is 6.62. The van der Waals surface area contributed by atoms with Crippen molar-refractivity contribution in [2.45, 2.75) is 38.7 Å². The molecule has 0 aliphatic rings. The van der Waals surface area contributed by atoms with Crippen molar-refractivity contribution in [1.29, 1.82) is 0 Å². The van der Waals surface area contributed by atoms with Crippen LogP contribution in [0.3, 0.4) is 0 Å². The van der Waals surface area contributed by atoms with Gasteiger partial charge in [-0.25, -0.2) is 8.42 Å². The first-order valence-electron chi connectivity index (χ1n) is 5.28. The summed E-state index contributed by atoms with van der Waals surface area (Å²) in [6.07, 6.45) is 0. The summed E-state index contributed by atoms with van der Waals surface area (Å²) in [5.41, 5.74) is 0.858. The molecule has 0 aromatic heterocycles. The minimum absolute atomic E-state index is 0.144. The van der Waals surface area contributed by atoms with E-state index in [-0.39, 0.29) is 11.0 Å². The smallest absolute Gasteiger partial charge is 0.156 e. The maximum atomic E-state index is 11.5. The number of benzene rings is 1. The average Bonchev–Trinajstić information content (AvgIpc) is 2.21. The lowest BCUT2D eigenvalue weighted by molar-refractivity contribution is 0.586. The molecule has 0 aliphatic carbocycles. The van der Waals surface area contributed by atoms with E-state index < -0.39 is 9.84 Å². The highest BCUT2D eigenvalue weighted by molar-refractivity contribution is 7.91. The summed E-state index contributed by atoms with van der Waals surface area (Å²) < 4.78 is 23.0. The highest BCUT2D eigenvalue weighted by Crippen LogP contribution is 2.09. The summed E-state index contributed by atoms with van der Waals surface area (Å²) in [6, 6.07) is 9.25. The topological polar surface area (TPSA) is 34.1 Å². The lowest BCUT2D eigenvalue weighted by Gasteiger charge is -2.06. The highest BCUT2D eigenvalue weighted by Gasteiger charge is 2.15. The first kappa shape index (κ1) is 14.2. The van der Waals surface area contributed by atoms with Crippen LogP contribution >= 0.6 is 0 Å². The van der Waals surface area contributed by atoms with Crippen LogP contribution in [-0.2, 0) is 15.6 Å². The van der Waals surface area contributed by atoms with Gasteiger partial charge < -0.3 is 0 Å². The van der Waals surface area contributed by atoms with Gasteiger partial charge in [-0.15, -0.1) is 0 Å². The summed E-state index contributed by atoms with van der Waals surface area (Å²) in [7, 11) is -2.95. The molecule has 0 heterocycles. The van der Waals surface area contributed by atoms with E-state index in [9.17, 15) is 8.42 Å². The molecule has 0 unspecified atom stereocenters. The zero-order valence-electron chi connectivity index (χ0n) is 9.90. The lowest BCUT2D eigenvalue weighted by atomic mass is 10.2. The quantitative estimate of drug-likeness (QED) is 0.797. The van der Waals surface area contributed by atoms with Gasteiger partial charge in [-0.3, -0.25) is 0 Å². The first-order chi connectivity index (χ1) is 7.02. The monoisotopic (exact) mass is 228 g/mol. The van der Waals surface area contributed by atoms with E-state index in [1.165, 1.54) is 0 Å². The van der Waals surface area contributed by atoms with Crippen LogP contribution in [0.15, 0.2) is 30.3 Å². The Kier molecular flexibility index (Phi) is 6.25. The Labute approximate surface area is 93.3 Å². The number of sulfone groups is 1. The van der Waals surface area contributed by atoms with E-state index in [1.54, 1.807) is 13.8 Å². The summed E-state index contributed by atoms with van der Waals surface area (Å²) in [6.45, 7) is 7.41. The molecule has 3 heteroatoms. The third-order valence-electron chi connectivity index (χ3n) is 1.93. The maximum absolute atomic E-state index is 11.5. The van der Waals surface area contributed by atoms with Gasteiger partial charge >= 0.3 is 0 Å². The van der Waals surface area contributed by atoms with Gasteiger partial charge in [0.05, 0.1) is 11.0 Å². The summed E-state index contributed by atoms with van der Waals surface area (Å²) in [5.74, 6) is 0.144. The summed E-state index contributed by atoms with van der Waals surface area (Å²) in [5, 5.41) is -0.298. The van der Waals surface area contributed by atoms with Gasteiger partial charge in [0, 0.05) is 0 Å². The molecule has 0 radical (unpaired) electrons. The lowest BCUT2D eigenvalue weighted by Crippen LogP contribution is -2.15. The van der Waals surface area contributed by atoms with Crippen LogP contribution in [0.25, 0.3) is 0 Å².